The second kappa shape index (κ2) is 6.53. The summed E-state index contributed by atoms with van der Waals surface area (Å²) >= 11 is 0. The molecule has 7 nitrogen and oxygen atoms in total. The van der Waals surface area contributed by atoms with Crippen LogP contribution in [-0.2, 0) is 4.79 Å². The smallest absolute Gasteiger partial charge is 0.272 e. The van der Waals surface area contributed by atoms with Gasteiger partial charge in [-0.15, -0.1) is 10.2 Å². The molecule has 0 saturated heterocycles. The first-order valence-corrected chi connectivity index (χ1v) is 5.68. The van der Waals surface area contributed by atoms with E-state index in [0.29, 0.717) is 12.4 Å². The lowest BCUT2D eigenvalue weighted by Crippen LogP contribution is -2.44. The summed E-state index contributed by atoms with van der Waals surface area (Å²) in [4.78, 5) is 23.2. The van der Waals surface area contributed by atoms with Gasteiger partial charge in [0.25, 0.3) is 5.91 Å². The van der Waals surface area contributed by atoms with Gasteiger partial charge in [-0.1, -0.05) is 0 Å². The highest BCUT2D eigenvalue weighted by atomic mass is 16.2. The molecule has 1 heterocycles. The van der Waals surface area contributed by atoms with Crippen molar-refractivity contribution >= 4 is 17.6 Å². The van der Waals surface area contributed by atoms with Crippen molar-refractivity contribution in [3.8, 4) is 0 Å². The Morgan fingerprint density at radius 2 is 2.06 bits per heavy atom. The van der Waals surface area contributed by atoms with Crippen LogP contribution in [-0.4, -0.2) is 41.6 Å². The van der Waals surface area contributed by atoms with Gasteiger partial charge in [-0.05, 0) is 26.0 Å². The van der Waals surface area contributed by atoms with Crippen LogP contribution >= 0.6 is 0 Å². The van der Waals surface area contributed by atoms with Crippen molar-refractivity contribution in [2.75, 3.05) is 18.9 Å². The molecule has 1 atom stereocenters. The minimum absolute atomic E-state index is 0.171. The molecule has 0 radical (unpaired) electrons. The summed E-state index contributed by atoms with van der Waals surface area (Å²) in [5.41, 5.74) is 0.171. The highest BCUT2D eigenvalue weighted by molar-refractivity contribution is 5.95. The van der Waals surface area contributed by atoms with E-state index in [1.807, 2.05) is 6.92 Å². The van der Waals surface area contributed by atoms with E-state index in [-0.39, 0.29) is 11.6 Å². The fourth-order valence-corrected chi connectivity index (χ4v) is 1.25. The first-order chi connectivity index (χ1) is 8.58. The molecule has 2 amide bonds. The van der Waals surface area contributed by atoms with Crippen LogP contribution in [0.1, 0.15) is 24.3 Å². The average molecular weight is 251 g/mol. The first-order valence-electron chi connectivity index (χ1n) is 5.68. The predicted octanol–water partition coefficient (Wildman–Crippen LogP) is -0.227. The zero-order valence-electron chi connectivity index (χ0n) is 10.7. The normalized spacial score (nSPS) is 11.5. The molecule has 7 heteroatoms. The van der Waals surface area contributed by atoms with Crippen molar-refractivity contribution in [3.05, 3.63) is 17.8 Å². The Morgan fingerprint density at radius 1 is 1.33 bits per heavy atom. The molecule has 3 N–H and O–H groups in total. The Balaban J connectivity index is 2.61. The predicted molar refractivity (Wildman–Crippen MR) is 67.2 cm³/mol. The largest absolute Gasteiger partial charge is 0.372 e. The summed E-state index contributed by atoms with van der Waals surface area (Å²) < 4.78 is 0. The molecule has 0 fully saturated rings. The van der Waals surface area contributed by atoms with Crippen molar-refractivity contribution in [2.24, 2.45) is 0 Å². The summed E-state index contributed by atoms with van der Waals surface area (Å²) in [6, 6.07) is 2.57. The zero-order valence-corrected chi connectivity index (χ0v) is 10.7. The highest BCUT2D eigenvalue weighted by Gasteiger charge is 2.16. The Bertz CT molecular complexity index is 418. The van der Waals surface area contributed by atoms with Crippen LogP contribution in [0.4, 0.5) is 5.82 Å². The van der Waals surface area contributed by atoms with Gasteiger partial charge in [0.15, 0.2) is 5.69 Å². The van der Waals surface area contributed by atoms with Gasteiger partial charge in [0.2, 0.25) is 5.91 Å². The number of aromatic nitrogens is 2. The lowest BCUT2D eigenvalue weighted by molar-refractivity contribution is -0.122. The van der Waals surface area contributed by atoms with Crippen molar-refractivity contribution in [1.29, 1.82) is 0 Å². The molecule has 98 valence electrons. The number of carbonyl (C=O) groups excluding carboxylic acids is 2. The number of carbonyl (C=O) groups is 2. The average Bonchev–Trinajstić information content (AvgIpc) is 2.39. The second-order valence-electron chi connectivity index (χ2n) is 3.64. The number of anilines is 1. The van der Waals surface area contributed by atoms with E-state index in [0.717, 1.165) is 0 Å². The number of likely N-dealkylation sites (N-methyl/N-ethyl adjacent to an activating group) is 1. The maximum atomic E-state index is 11.7. The topological polar surface area (TPSA) is 96.0 Å². The Hall–Kier alpha value is -2.18. The molecule has 0 bridgehead atoms. The van der Waals surface area contributed by atoms with Crippen LogP contribution in [0, 0.1) is 0 Å². The van der Waals surface area contributed by atoms with Gasteiger partial charge in [0.05, 0.1) is 0 Å². The summed E-state index contributed by atoms with van der Waals surface area (Å²) in [5, 5.41) is 15.5. The quantitative estimate of drug-likeness (QED) is 0.672. The standard InChI is InChI=1S/C11H17N5O2/c1-4-13-10(17)7(2)14-11(18)8-5-6-9(12-3)16-15-8/h5-7H,4H2,1-3H3,(H,12,16)(H,13,17)(H,14,18). The fraction of sp³-hybridized carbons (Fsp3) is 0.455. The SMILES string of the molecule is CCNC(=O)C(C)NC(=O)c1ccc(NC)nn1. The van der Waals surface area contributed by atoms with E-state index in [9.17, 15) is 9.59 Å². The number of nitrogens with zero attached hydrogens (tertiary/aromatic N) is 2. The van der Waals surface area contributed by atoms with Gasteiger partial charge in [-0.3, -0.25) is 9.59 Å². The summed E-state index contributed by atoms with van der Waals surface area (Å²) in [6.45, 7) is 3.95. The van der Waals surface area contributed by atoms with Crippen molar-refractivity contribution in [2.45, 2.75) is 19.9 Å². The number of amides is 2. The third kappa shape index (κ3) is 3.69. The minimum Gasteiger partial charge on any atom is -0.372 e. The van der Waals surface area contributed by atoms with E-state index in [4.69, 9.17) is 0 Å². The molecule has 0 aliphatic rings. The minimum atomic E-state index is -0.608. The van der Waals surface area contributed by atoms with E-state index in [1.54, 1.807) is 26.1 Å². The molecule has 0 aliphatic heterocycles. The third-order valence-corrected chi connectivity index (χ3v) is 2.25. The van der Waals surface area contributed by atoms with Crippen LogP contribution in [0.25, 0.3) is 0 Å². The van der Waals surface area contributed by atoms with Crippen LogP contribution in [0.2, 0.25) is 0 Å². The lowest BCUT2D eigenvalue weighted by Gasteiger charge is -2.12. The van der Waals surface area contributed by atoms with Crippen LogP contribution < -0.4 is 16.0 Å². The monoisotopic (exact) mass is 251 g/mol. The number of rotatable bonds is 5. The number of hydrogen-bond acceptors (Lipinski definition) is 5. The summed E-state index contributed by atoms with van der Waals surface area (Å²) in [7, 11) is 1.71. The maximum Gasteiger partial charge on any atom is 0.272 e. The summed E-state index contributed by atoms with van der Waals surface area (Å²) in [6.07, 6.45) is 0. The molecule has 1 aromatic rings. The van der Waals surface area contributed by atoms with Gasteiger partial charge in [-0.2, -0.15) is 0 Å². The Morgan fingerprint density at radius 3 is 2.56 bits per heavy atom. The molecule has 0 spiro atoms. The Kier molecular flexibility index (Phi) is 5.04. The van der Waals surface area contributed by atoms with E-state index in [1.165, 1.54) is 0 Å². The van der Waals surface area contributed by atoms with Gasteiger partial charge in [0.1, 0.15) is 11.9 Å². The first kappa shape index (κ1) is 13.9. The maximum absolute atomic E-state index is 11.7. The molecule has 0 saturated carbocycles. The van der Waals surface area contributed by atoms with Gasteiger partial charge in [0, 0.05) is 13.6 Å². The molecule has 18 heavy (non-hydrogen) atoms. The number of hydrogen-bond donors (Lipinski definition) is 3. The van der Waals surface area contributed by atoms with E-state index >= 15 is 0 Å². The molecular weight excluding hydrogens is 234 g/mol. The number of nitrogens with one attached hydrogen (secondary N) is 3. The van der Waals surface area contributed by atoms with Crippen LogP contribution in [0.3, 0.4) is 0 Å². The lowest BCUT2D eigenvalue weighted by atomic mass is 10.3. The molecule has 0 aliphatic carbocycles. The van der Waals surface area contributed by atoms with E-state index < -0.39 is 11.9 Å². The molecule has 1 rings (SSSR count). The van der Waals surface area contributed by atoms with Gasteiger partial charge < -0.3 is 16.0 Å². The van der Waals surface area contributed by atoms with Crippen molar-refractivity contribution < 1.29 is 9.59 Å². The van der Waals surface area contributed by atoms with E-state index in [2.05, 4.69) is 26.1 Å². The van der Waals surface area contributed by atoms with Crippen LogP contribution in [0.5, 0.6) is 0 Å². The van der Waals surface area contributed by atoms with Gasteiger partial charge in [-0.25, -0.2) is 0 Å². The highest BCUT2D eigenvalue weighted by Crippen LogP contribution is 2.00. The molecule has 0 aromatic carbocycles. The molecule has 1 aromatic heterocycles. The van der Waals surface area contributed by atoms with Crippen molar-refractivity contribution in [3.63, 3.8) is 0 Å². The third-order valence-electron chi connectivity index (χ3n) is 2.25. The second-order valence-corrected chi connectivity index (χ2v) is 3.64. The van der Waals surface area contributed by atoms with Crippen molar-refractivity contribution in [1.82, 2.24) is 20.8 Å². The Labute approximate surface area is 105 Å². The molecular formula is C11H17N5O2. The molecule has 1 unspecified atom stereocenters. The van der Waals surface area contributed by atoms with Crippen LogP contribution in [0.15, 0.2) is 12.1 Å². The fourth-order valence-electron chi connectivity index (χ4n) is 1.25. The summed E-state index contributed by atoms with van der Waals surface area (Å²) in [5.74, 6) is -0.0853. The zero-order chi connectivity index (χ0) is 13.5. The van der Waals surface area contributed by atoms with Gasteiger partial charge >= 0.3 is 0 Å².